The van der Waals surface area contributed by atoms with Crippen LogP contribution in [0.25, 0.3) is 11.5 Å². The average Bonchev–Trinajstić information content (AvgIpc) is 3.06. The van der Waals surface area contributed by atoms with Crippen molar-refractivity contribution < 1.29 is 9.26 Å². The second kappa shape index (κ2) is 5.40. The van der Waals surface area contributed by atoms with E-state index in [1.165, 1.54) is 11.3 Å². The van der Waals surface area contributed by atoms with Crippen LogP contribution in [-0.2, 0) is 17.8 Å². The maximum absolute atomic E-state index is 5.39. The highest BCUT2D eigenvalue weighted by atomic mass is 16.5. The highest BCUT2D eigenvalue weighted by Gasteiger charge is 2.14. The SMILES string of the molecule is CCCOCc1noc(-c2ccc3c(c2)NCC3)n1. The summed E-state index contributed by atoms with van der Waals surface area (Å²) in [6.07, 6.45) is 2.07. The summed E-state index contributed by atoms with van der Waals surface area (Å²) >= 11 is 0. The van der Waals surface area contributed by atoms with Crippen LogP contribution in [0.3, 0.4) is 0 Å². The normalized spacial score (nSPS) is 13.3. The Balaban J connectivity index is 1.75. The Labute approximate surface area is 112 Å². The third-order valence-corrected chi connectivity index (χ3v) is 3.11. The van der Waals surface area contributed by atoms with E-state index in [1.54, 1.807) is 0 Å². The van der Waals surface area contributed by atoms with Crippen molar-refractivity contribution in [1.29, 1.82) is 0 Å². The molecule has 0 spiro atoms. The maximum atomic E-state index is 5.39. The lowest BCUT2D eigenvalue weighted by Gasteiger charge is -2.00. The standard InChI is InChI=1S/C14H17N3O2/c1-2-7-18-9-13-16-14(19-17-13)11-4-3-10-5-6-15-12(10)8-11/h3-4,8,15H,2,5-7,9H2,1H3. The van der Waals surface area contributed by atoms with Crippen LogP contribution >= 0.6 is 0 Å². The van der Waals surface area contributed by atoms with Gasteiger partial charge in [-0.3, -0.25) is 0 Å². The summed E-state index contributed by atoms with van der Waals surface area (Å²) < 4.78 is 10.7. The van der Waals surface area contributed by atoms with Crippen LogP contribution in [0.5, 0.6) is 0 Å². The van der Waals surface area contributed by atoms with Crippen molar-refractivity contribution >= 4 is 5.69 Å². The molecule has 1 aromatic heterocycles. The molecule has 0 saturated heterocycles. The minimum atomic E-state index is 0.403. The number of fused-ring (bicyclic) bond motifs is 1. The Bertz CT molecular complexity index is 566. The molecule has 19 heavy (non-hydrogen) atoms. The van der Waals surface area contributed by atoms with E-state index in [2.05, 4.69) is 34.5 Å². The number of hydrogen-bond donors (Lipinski definition) is 1. The van der Waals surface area contributed by atoms with E-state index in [0.717, 1.165) is 24.9 Å². The quantitative estimate of drug-likeness (QED) is 0.836. The predicted octanol–water partition coefficient (Wildman–Crippen LogP) is 2.63. The van der Waals surface area contributed by atoms with E-state index in [4.69, 9.17) is 9.26 Å². The summed E-state index contributed by atoms with van der Waals surface area (Å²) in [6, 6.07) is 6.20. The van der Waals surface area contributed by atoms with E-state index >= 15 is 0 Å². The van der Waals surface area contributed by atoms with Gasteiger partial charge in [0.1, 0.15) is 6.61 Å². The van der Waals surface area contributed by atoms with Crippen molar-refractivity contribution in [3.63, 3.8) is 0 Å². The first-order chi connectivity index (χ1) is 9.36. The van der Waals surface area contributed by atoms with E-state index in [9.17, 15) is 0 Å². The van der Waals surface area contributed by atoms with Crippen molar-refractivity contribution in [2.45, 2.75) is 26.4 Å². The molecule has 2 aromatic rings. The van der Waals surface area contributed by atoms with Crippen molar-refractivity contribution in [2.75, 3.05) is 18.5 Å². The number of anilines is 1. The minimum absolute atomic E-state index is 0.403. The topological polar surface area (TPSA) is 60.2 Å². The number of benzene rings is 1. The molecular formula is C14H17N3O2. The summed E-state index contributed by atoms with van der Waals surface area (Å²) in [6.45, 7) is 4.19. The summed E-state index contributed by atoms with van der Waals surface area (Å²) in [5.74, 6) is 1.14. The lowest BCUT2D eigenvalue weighted by Crippen LogP contribution is -1.95. The van der Waals surface area contributed by atoms with Gasteiger partial charge in [0.05, 0.1) is 0 Å². The molecule has 1 N–H and O–H groups in total. The molecular weight excluding hydrogens is 242 g/mol. The lowest BCUT2D eigenvalue weighted by atomic mass is 10.1. The van der Waals surface area contributed by atoms with Crippen molar-refractivity contribution in [1.82, 2.24) is 10.1 Å². The summed E-state index contributed by atoms with van der Waals surface area (Å²) in [7, 11) is 0. The van der Waals surface area contributed by atoms with Crippen LogP contribution in [0.1, 0.15) is 24.7 Å². The number of nitrogens with zero attached hydrogens (tertiary/aromatic N) is 2. The molecule has 0 aliphatic carbocycles. The van der Waals surface area contributed by atoms with Gasteiger partial charge in [0.15, 0.2) is 5.82 Å². The maximum Gasteiger partial charge on any atom is 0.258 e. The highest BCUT2D eigenvalue weighted by Crippen LogP contribution is 2.28. The first-order valence-corrected chi connectivity index (χ1v) is 6.64. The molecule has 0 unspecified atom stereocenters. The zero-order valence-corrected chi connectivity index (χ0v) is 11.0. The van der Waals surface area contributed by atoms with Crippen LogP contribution in [0.4, 0.5) is 5.69 Å². The molecule has 0 fully saturated rings. The molecule has 1 aromatic carbocycles. The fourth-order valence-electron chi connectivity index (χ4n) is 2.16. The molecule has 0 atom stereocenters. The van der Waals surface area contributed by atoms with Crippen molar-refractivity contribution in [3.8, 4) is 11.5 Å². The Morgan fingerprint density at radius 1 is 1.42 bits per heavy atom. The summed E-state index contributed by atoms with van der Waals surface area (Å²) in [5, 5.41) is 7.27. The van der Waals surface area contributed by atoms with Gasteiger partial charge in [-0.25, -0.2) is 0 Å². The summed E-state index contributed by atoms with van der Waals surface area (Å²) in [4.78, 5) is 4.35. The molecule has 0 amide bonds. The molecule has 100 valence electrons. The molecule has 0 saturated carbocycles. The Hall–Kier alpha value is -1.88. The third kappa shape index (κ3) is 2.61. The summed E-state index contributed by atoms with van der Waals surface area (Å²) in [5.41, 5.74) is 3.46. The Kier molecular flexibility index (Phi) is 3.46. The van der Waals surface area contributed by atoms with Crippen LogP contribution in [0, 0.1) is 0 Å². The third-order valence-electron chi connectivity index (χ3n) is 3.11. The first kappa shape index (κ1) is 12.2. The fourth-order valence-corrected chi connectivity index (χ4v) is 2.16. The van der Waals surface area contributed by atoms with E-state index in [-0.39, 0.29) is 0 Å². The minimum Gasteiger partial charge on any atom is -0.384 e. The number of aromatic nitrogens is 2. The van der Waals surface area contributed by atoms with Gasteiger partial charge in [0, 0.05) is 24.4 Å². The van der Waals surface area contributed by atoms with E-state index < -0.39 is 0 Å². The zero-order valence-electron chi connectivity index (χ0n) is 11.0. The molecule has 0 radical (unpaired) electrons. The molecule has 1 aliphatic heterocycles. The second-order valence-electron chi connectivity index (χ2n) is 4.62. The van der Waals surface area contributed by atoms with Crippen LogP contribution in [0.15, 0.2) is 22.7 Å². The molecule has 3 rings (SSSR count). The van der Waals surface area contributed by atoms with Crippen molar-refractivity contribution in [3.05, 3.63) is 29.6 Å². The molecule has 5 nitrogen and oxygen atoms in total. The monoisotopic (exact) mass is 259 g/mol. The van der Waals surface area contributed by atoms with Crippen LogP contribution in [0.2, 0.25) is 0 Å². The lowest BCUT2D eigenvalue weighted by molar-refractivity contribution is 0.114. The Morgan fingerprint density at radius 2 is 2.37 bits per heavy atom. The second-order valence-corrected chi connectivity index (χ2v) is 4.62. The molecule has 2 heterocycles. The van der Waals surface area contributed by atoms with Crippen LogP contribution < -0.4 is 5.32 Å². The molecule has 0 bridgehead atoms. The van der Waals surface area contributed by atoms with Gasteiger partial charge in [-0.15, -0.1) is 0 Å². The van der Waals surface area contributed by atoms with Crippen molar-refractivity contribution in [2.24, 2.45) is 0 Å². The van der Waals surface area contributed by atoms with Crippen LogP contribution in [-0.4, -0.2) is 23.3 Å². The zero-order chi connectivity index (χ0) is 13.1. The van der Waals surface area contributed by atoms with Gasteiger partial charge in [0.25, 0.3) is 5.89 Å². The van der Waals surface area contributed by atoms with E-state index in [1.807, 2.05) is 6.07 Å². The van der Waals surface area contributed by atoms with Gasteiger partial charge in [-0.2, -0.15) is 4.98 Å². The van der Waals surface area contributed by atoms with Gasteiger partial charge in [-0.05, 0) is 30.5 Å². The smallest absolute Gasteiger partial charge is 0.258 e. The fraction of sp³-hybridized carbons (Fsp3) is 0.429. The predicted molar refractivity (Wildman–Crippen MR) is 71.9 cm³/mol. The number of nitrogens with one attached hydrogen (secondary N) is 1. The number of rotatable bonds is 5. The number of ether oxygens (including phenoxy) is 1. The first-order valence-electron chi connectivity index (χ1n) is 6.64. The van der Waals surface area contributed by atoms with Gasteiger partial charge in [-0.1, -0.05) is 18.1 Å². The highest BCUT2D eigenvalue weighted by molar-refractivity contribution is 5.66. The average molecular weight is 259 g/mol. The molecule has 5 heteroatoms. The Morgan fingerprint density at radius 3 is 3.26 bits per heavy atom. The van der Waals surface area contributed by atoms with Gasteiger partial charge in [0.2, 0.25) is 0 Å². The number of hydrogen-bond acceptors (Lipinski definition) is 5. The molecule has 1 aliphatic rings. The van der Waals surface area contributed by atoms with Gasteiger partial charge >= 0.3 is 0 Å². The van der Waals surface area contributed by atoms with Gasteiger partial charge < -0.3 is 14.6 Å². The van der Waals surface area contributed by atoms with E-state index in [0.29, 0.717) is 24.9 Å². The largest absolute Gasteiger partial charge is 0.384 e.